The Kier molecular flexibility index (Phi) is 4.09. The topological polar surface area (TPSA) is 79.0 Å². The quantitative estimate of drug-likeness (QED) is 0.761. The van der Waals surface area contributed by atoms with Crippen LogP contribution in [0.3, 0.4) is 0 Å². The molecule has 0 saturated heterocycles. The standard InChI is InChI=1S/C16H16N2O3S2/c1-10-4-3-5-12-8-13(16(19)18-15(10)12)9-17-23(20,21)14-7-6-11(2)22-14/h3-8,17H,9H2,1-2H3,(H,18,19). The largest absolute Gasteiger partial charge is 0.321 e. The normalized spacial score (nSPS) is 11.9. The highest BCUT2D eigenvalue weighted by Gasteiger charge is 2.16. The van der Waals surface area contributed by atoms with Crippen LogP contribution in [0, 0.1) is 13.8 Å². The SMILES string of the molecule is Cc1ccc(S(=O)(=O)NCc2cc3cccc(C)c3[nH]c2=O)s1. The summed E-state index contributed by atoms with van der Waals surface area (Å²) in [7, 11) is -3.60. The van der Waals surface area contributed by atoms with Gasteiger partial charge in [-0.25, -0.2) is 13.1 Å². The molecule has 23 heavy (non-hydrogen) atoms. The predicted molar refractivity (Wildman–Crippen MR) is 92.4 cm³/mol. The van der Waals surface area contributed by atoms with E-state index in [9.17, 15) is 13.2 Å². The Morgan fingerprint density at radius 3 is 2.65 bits per heavy atom. The number of hydrogen-bond acceptors (Lipinski definition) is 4. The number of pyridine rings is 1. The Balaban J connectivity index is 1.90. The molecule has 7 heteroatoms. The van der Waals surface area contributed by atoms with Gasteiger partial charge in [-0.1, -0.05) is 18.2 Å². The first kappa shape index (κ1) is 15.9. The molecule has 5 nitrogen and oxygen atoms in total. The molecule has 2 heterocycles. The molecular weight excluding hydrogens is 332 g/mol. The molecule has 0 fully saturated rings. The molecule has 2 aromatic heterocycles. The van der Waals surface area contributed by atoms with Gasteiger partial charge in [0.05, 0.1) is 5.52 Å². The second-order valence-electron chi connectivity index (χ2n) is 5.35. The number of rotatable bonds is 4. The molecule has 0 bridgehead atoms. The fourth-order valence-electron chi connectivity index (χ4n) is 2.36. The number of fused-ring (bicyclic) bond motifs is 1. The van der Waals surface area contributed by atoms with E-state index in [4.69, 9.17) is 0 Å². The lowest BCUT2D eigenvalue weighted by Gasteiger charge is -2.07. The van der Waals surface area contributed by atoms with Crippen molar-refractivity contribution < 1.29 is 8.42 Å². The van der Waals surface area contributed by atoms with Crippen molar-refractivity contribution in [3.63, 3.8) is 0 Å². The number of hydrogen-bond donors (Lipinski definition) is 2. The van der Waals surface area contributed by atoms with Crippen molar-refractivity contribution in [3.05, 3.63) is 62.8 Å². The van der Waals surface area contributed by atoms with Gasteiger partial charge in [0.25, 0.3) is 5.56 Å². The predicted octanol–water partition coefficient (Wildman–Crippen LogP) is 2.68. The Hall–Kier alpha value is -1.96. The molecule has 0 radical (unpaired) electrons. The number of aryl methyl sites for hydroxylation is 2. The van der Waals surface area contributed by atoms with E-state index in [1.54, 1.807) is 18.2 Å². The number of thiophene rings is 1. The zero-order chi connectivity index (χ0) is 16.6. The number of sulfonamides is 1. The molecule has 0 saturated carbocycles. The van der Waals surface area contributed by atoms with Crippen molar-refractivity contribution in [2.75, 3.05) is 0 Å². The minimum Gasteiger partial charge on any atom is -0.321 e. The van der Waals surface area contributed by atoms with Gasteiger partial charge in [-0.3, -0.25) is 4.79 Å². The Morgan fingerprint density at radius 1 is 1.17 bits per heavy atom. The van der Waals surface area contributed by atoms with Crippen LogP contribution in [0.1, 0.15) is 16.0 Å². The Morgan fingerprint density at radius 2 is 1.96 bits per heavy atom. The first-order valence-electron chi connectivity index (χ1n) is 7.04. The van der Waals surface area contributed by atoms with Crippen LogP contribution in [0.15, 0.2) is 45.4 Å². The van der Waals surface area contributed by atoms with Gasteiger partial charge in [0.1, 0.15) is 4.21 Å². The smallest absolute Gasteiger partial charge is 0.252 e. The Labute approximate surface area is 138 Å². The highest BCUT2D eigenvalue weighted by Crippen LogP contribution is 2.20. The molecule has 0 amide bonds. The van der Waals surface area contributed by atoms with E-state index in [2.05, 4.69) is 9.71 Å². The summed E-state index contributed by atoms with van der Waals surface area (Å²) in [6.07, 6.45) is 0. The van der Waals surface area contributed by atoms with Gasteiger partial charge in [0, 0.05) is 17.0 Å². The first-order valence-corrected chi connectivity index (χ1v) is 9.34. The minimum atomic E-state index is -3.60. The van der Waals surface area contributed by atoms with E-state index >= 15 is 0 Å². The molecule has 120 valence electrons. The van der Waals surface area contributed by atoms with Gasteiger partial charge in [-0.2, -0.15) is 0 Å². The lowest BCUT2D eigenvalue weighted by Crippen LogP contribution is -2.26. The number of aromatic nitrogens is 1. The van der Waals surface area contributed by atoms with Crippen molar-refractivity contribution in [3.8, 4) is 0 Å². The summed E-state index contributed by atoms with van der Waals surface area (Å²) in [5, 5.41) is 0.880. The molecule has 1 aromatic carbocycles. The molecule has 0 spiro atoms. The van der Waals surface area contributed by atoms with Crippen LogP contribution in [-0.4, -0.2) is 13.4 Å². The molecule has 0 aliphatic rings. The maximum atomic E-state index is 12.2. The van der Waals surface area contributed by atoms with Crippen LogP contribution < -0.4 is 10.3 Å². The van der Waals surface area contributed by atoms with Gasteiger partial charge < -0.3 is 4.98 Å². The van der Waals surface area contributed by atoms with Crippen molar-refractivity contribution in [1.29, 1.82) is 0 Å². The zero-order valence-electron chi connectivity index (χ0n) is 12.7. The van der Waals surface area contributed by atoms with Gasteiger partial charge >= 0.3 is 0 Å². The van der Waals surface area contributed by atoms with Crippen LogP contribution in [0.25, 0.3) is 10.9 Å². The molecule has 0 unspecified atom stereocenters. The molecule has 0 atom stereocenters. The van der Waals surface area contributed by atoms with Crippen LogP contribution in [0.5, 0.6) is 0 Å². The van der Waals surface area contributed by atoms with E-state index in [0.717, 1.165) is 21.3 Å². The minimum absolute atomic E-state index is 0.0432. The summed E-state index contributed by atoms with van der Waals surface area (Å²) in [5.41, 5.74) is 1.86. The fourth-order valence-corrected chi connectivity index (χ4v) is 4.69. The summed E-state index contributed by atoms with van der Waals surface area (Å²) in [6, 6.07) is 10.8. The van der Waals surface area contributed by atoms with E-state index in [1.165, 1.54) is 11.3 Å². The van der Waals surface area contributed by atoms with Gasteiger partial charge in [0.2, 0.25) is 10.0 Å². The van der Waals surface area contributed by atoms with Gasteiger partial charge in [0.15, 0.2) is 0 Å². The maximum absolute atomic E-state index is 12.2. The van der Waals surface area contributed by atoms with Crippen molar-refractivity contribution in [2.24, 2.45) is 0 Å². The van der Waals surface area contributed by atoms with Gasteiger partial charge in [-0.05, 0) is 43.0 Å². The fraction of sp³-hybridized carbons (Fsp3) is 0.188. The van der Waals surface area contributed by atoms with Crippen LogP contribution in [-0.2, 0) is 16.6 Å². The van der Waals surface area contributed by atoms with Crippen LogP contribution >= 0.6 is 11.3 Å². The number of para-hydroxylation sites is 1. The average molecular weight is 348 g/mol. The molecule has 0 aliphatic heterocycles. The monoisotopic (exact) mass is 348 g/mol. The van der Waals surface area contributed by atoms with Crippen molar-refractivity contribution in [1.82, 2.24) is 9.71 Å². The van der Waals surface area contributed by atoms with Crippen molar-refractivity contribution in [2.45, 2.75) is 24.6 Å². The molecule has 3 rings (SSSR count). The molecule has 0 aliphatic carbocycles. The summed E-state index contributed by atoms with van der Waals surface area (Å²) in [5.74, 6) is 0. The molecular formula is C16H16N2O3S2. The number of aromatic amines is 1. The number of benzene rings is 1. The Bertz CT molecular complexity index is 1030. The molecule has 2 N–H and O–H groups in total. The van der Waals surface area contributed by atoms with E-state index in [-0.39, 0.29) is 16.3 Å². The highest BCUT2D eigenvalue weighted by molar-refractivity contribution is 7.91. The third-order valence-electron chi connectivity index (χ3n) is 3.60. The zero-order valence-corrected chi connectivity index (χ0v) is 14.3. The highest BCUT2D eigenvalue weighted by atomic mass is 32.2. The number of H-pyrrole nitrogens is 1. The second-order valence-corrected chi connectivity index (χ2v) is 8.63. The van der Waals surface area contributed by atoms with Crippen molar-refractivity contribution >= 4 is 32.3 Å². The third kappa shape index (κ3) is 3.21. The van der Waals surface area contributed by atoms with E-state index < -0.39 is 10.0 Å². The maximum Gasteiger partial charge on any atom is 0.252 e. The van der Waals surface area contributed by atoms with E-state index in [0.29, 0.717) is 5.56 Å². The summed E-state index contributed by atoms with van der Waals surface area (Å²) in [4.78, 5) is 15.9. The summed E-state index contributed by atoms with van der Waals surface area (Å²) >= 11 is 1.20. The summed E-state index contributed by atoms with van der Waals surface area (Å²) in [6.45, 7) is 3.72. The number of nitrogens with one attached hydrogen (secondary N) is 2. The lowest BCUT2D eigenvalue weighted by atomic mass is 10.1. The third-order valence-corrected chi connectivity index (χ3v) is 6.49. The first-order chi connectivity index (χ1) is 10.9. The summed E-state index contributed by atoms with van der Waals surface area (Å²) < 4.78 is 27.2. The van der Waals surface area contributed by atoms with E-state index in [1.807, 2.05) is 32.0 Å². The van der Waals surface area contributed by atoms with Crippen LogP contribution in [0.2, 0.25) is 0 Å². The van der Waals surface area contributed by atoms with Gasteiger partial charge in [-0.15, -0.1) is 11.3 Å². The van der Waals surface area contributed by atoms with Crippen LogP contribution in [0.4, 0.5) is 0 Å². The molecule has 3 aromatic rings. The average Bonchev–Trinajstić information content (AvgIpc) is 2.94. The second kappa shape index (κ2) is 5.92. The lowest BCUT2D eigenvalue weighted by molar-refractivity contribution is 0.583.